The fourth-order valence-corrected chi connectivity index (χ4v) is 0.808. The van der Waals surface area contributed by atoms with Crippen molar-refractivity contribution in [2.45, 2.75) is 26.9 Å². The van der Waals surface area contributed by atoms with Crippen LogP contribution in [0.25, 0.3) is 0 Å². The van der Waals surface area contributed by atoms with E-state index in [1.54, 1.807) is 0 Å². The first-order chi connectivity index (χ1) is 5.22. The number of hydrogen-bond acceptors (Lipinski definition) is 2. The van der Waals surface area contributed by atoms with E-state index in [1.165, 1.54) is 0 Å². The molecular formula is C9H19NO. The van der Waals surface area contributed by atoms with Gasteiger partial charge in [0.25, 0.3) is 0 Å². The second-order valence-corrected chi connectivity index (χ2v) is 2.92. The van der Waals surface area contributed by atoms with Gasteiger partial charge in [-0.25, -0.2) is 0 Å². The van der Waals surface area contributed by atoms with Crippen molar-refractivity contribution in [2.24, 2.45) is 11.7 Å². The summed E-state index contributed by atoms with van der Waals surface area (Å²) < 4.78 is 5.48. The minimum atomic E-state index is 0.200. The molecule has 0 heterocycles. The molecule has 0 aromatic rings. The van der Waals surface area contributed by atoms with E-state index >= 15 is 0 Å². The van der Waals surface area contributed by atoms with E-state index in [-0.39, 0.29) is 6.10 Å². The third-order valence-corrected chi connectivity index (χ3v) is 1.62. The van der Waals surface area contributed by atoms with Crippen LogP contribution in [0, 0.1) is 5.92 Å². The normalized spacial score (nSPS) is 14.6. The largest absolute Gasteiger partial charge is 0.373 e. The van der Waals surface area contributed by atoms with Crippen molar-refractivity contribution in [3.8, 4) is 0 Å². The van der Waals surface area contributed by atoms with Gasteiger partial charge in [0, 0.05) is 6.54 Å². The molecule has 0 aliphatic rings. The molecule has 11 heavy (non-hydrogen) atoms. The quantitative estimate of drug-likeness (QED) is 0.615. The summed E-state index contributed by atoms with van der Waals surface area (Å²) in [6, 6.07) is 0. The van der Waals surface area contributed by atoms with Crippen molar-refractivity contribution in [3.63, 3.8) is 0 Å². The van der Waals surface area contributed by atoms with Gasteiger partial charge in [0.1, 0.15) is 0 Å². The fraction of sp³-hybridized carbons (Fsp3) is 0.778. The summed E-state index contributed by atoms with van der Waals surface area (Å²) >= 11 is 0. The molecule has 2 heteroatoms. The fourth-order valence-electron chi connectivity index (χ4n) is 0.808. The van der Waals surface area contributed by atoms with E-state index in [0.717, 1.165) is 0 Å². The lowest BCUT2D eigenvalue weighted by Crippen LogP contribution is -2.28. The lowest BCUT2D eigenvalue weighted by molar-refractivity contribution is 0.0470. The van der Waals surface area contributed by atoms with E-state index in [4.69, 9.17) is 10.5 Å². The first kappa shape index (κ1) is 10.7. The van der Waals surface area contributed by atoms with Gasteiger partial charge in [-0.1, -0.05) is 26.0 Å². The van der Waals surface area contributed by atoms with Crippen LogP contribution in [0.5, 0.6) is 0 Å². The molecule has 2 nitrogen and oxygen atoms in total. The first-order valence-corrected chi connectivity index (χ1v) is 4.15. The van der Waals surface area contributed by atoms with Gasteiger partial charge in [-0.3, -0.25) is 0 Å². The number of nitrogens with two attached hydrogens (primary N) is 1. The number of hydrogen-bond donors (Lipinski definition) is 1. The third-order valence-electron chi connectivity index (χ3n) is 1.62. The molecule has 0 aliphatic heterocycles. The predicted molar refractivity (Wildman–Crippen MR) is 48.4 cm³/mol. The maximum Gasteiger partial charge on any atom is 0.0724 e. The predicted octanol–water partition coefficient (Wildman–Crippen LogP) is 1.56. The van der Waals surface area contributed by atoms with Crippen molar-refractivity contribution in [3.05, 3.63) is 12.2 Å². The zero-order valence-electron chi connectivity index (χ0n) is 7.71. The Balaban J connectivity index is 3.52. The van der Waals surface area contributed by atoms with Gasteiger partial charge in [0.05, 0.1) is 12.7 Å². The van der Waals surface area contributed by atoms with E-state index in [0.29, 0.717) is 19.1 Å². The molecule has 0 rings (SSSR count). The van der Waals surface area contributed by atoms with Crippen LogP contribution < -0.4 is 5.73 Å². The van der Waals surface area contributed by atoms with E-state index in [1.807, 2.05) is 19.1 Å². The van der Waals surface area contributed by atoms with Crippen molar-refractivity contribution in [1.82, 2.24) is 0 Å². The number of allylic oxidation sites excluding steroid dienone is 1. The number of rotatable bonds is 5. The van der Waals surface area contributed by atoms with Crippen LogP contribution in [-0.4, -0.2) is 19.3 Å². The zero-order chi connectivity index (χ0) is 8.69. The summed E-state index contributed by atoms with van der Waals surface area (Å²) in [5.74, 6) is 0.505. The second-order valence-electron chi connectivity index (χ2n) is 2.92. The maximum atomic E-state index is 5.51. The highest BCUT2D eigenvalue weighted by Gasteiger charge is 2.09. The van der Waals surface area contributed by atoms with Crippen LogP contribution >= 0.6 is 0 Å². The second kappa shape index (κ2) is 6.38. The van der Waals surface area contributed by atoms with Crippen molar-refractivity contribution in [2.75, 3.05) is 13.2 Å². The topological polar surface area (TPSA) is 35.2 Å². The Kier molecular flexibility index (Phi) is 6.18. The van der Waals surface area contributed by atoms with Gasteiger partial charge in [-0.05, 0) is 12.8 Å². The average molecular weight is 157 g/mol. The van der Waals surface area contributed by atoms with Gasteiger partial charge in [-0.15, -0.1) is 0 Å². The summed E-state index contributed by atoms with van der Waals surface area (Å²) in [6.45, 7) is 7.50. The van der Waals surface area contributed by atoms with E-state index in [9.17, 15) is 0 Å². The van der Waals surface area contributed by atoms with E-state index in [2.05, 4.69) is 13.8 Å². The van der Waals surface area contributed by atoms with Crippen molar-refractivity contribution in [1.29, 1.82) is 0 Å². The van der Waals surface area contributed by atoms with Crippen LogP contribution in [0.1, 0.15) is 20.8 Å². The third kappa shape index (κ3) is 4.99. The van der Waals surface area contributed by atoms with Gasteiger partial charge < -0.3 is 10.5 Å². The molecule has 0 aromatic heterocycles. The van der Waals surface area contributed by atoms with Gasteiger partial charge in [-0.2, -0.15) is 0 Å². The molecule has 0 saturated heterocycles. The van der Waals surface area contributed by atoms with Crippen LogP contribution in [0.3, 0.4) is 0 Å². The molecule has 66 valence electrons. The van der Waals surface area contributed by atoms with Crippen molar-refractivity contribution < 1.29 is 4.74 Å². The Morgan fingerprint density at radius 3 is 2.45 bits per heavy atom. The van der Waals surface area contributed by atoms with Crippen LogP contribution in [0.4, 0.5) is 0 Å². The summed E-state index contributed by atoms with van der Waals surface area (Å²) in [5, 5.41) is 0. The highest BCUT2D eigenvalue weighted by atomic mass is 16.5. The highest BCUT2D eigenvalue weighted by molar-refractivity contribution is 4.77. The van der Waals surface area contributed by atoms with Gasteiger partial charge >= 0.3 is 0 Å². The standard InChI is InChI=1S/C9H19NO/c1-4-5-6-11-9(7-10)8(2)3/h4-5,8-9H,6-7,10H2,1-3H3. The zero-order valence-corrected chi connectivity index (χ0v) is 7.71. The molecule has 0 radical (unpaired) electrons. The monoisotopic (exact) mass is 157 g/mol. The van der Waals surface area contributed by atoms with Gasteiger partial charge in [0.15, 0.2) is 0 Å². The summed E-state index contributed by atoms with van der Waals surface area (Å²) in [7, 11) is 0. The Morgan fingerprint density at radius 1 is 1.45 bits per heavy atom. The van der Waals surface area contributed by atoms with Crippen LogP contribution in [-0.2, 0) is 4.74 Å². The summed E-state index contributed by atoms with van der Waals surface area (Å²) in [5.41, 5.74) is 5.51. The minimum Gasteiger partial charge on any atom is -0.373 e. The summed E-state index contributed by atoms with van der Waals surface area (Å²) in [6.07, 6.45) is 4.17. The van der Waals surface area contributed by atoms with Gasteiger partial charge in [0.2, 0.25) is 0 Å². The molecule has 0 saturated carbocycles. The molecular weight excluding hydrogens is 138 g/mol. The van der Waals surface area contributed by atoms with Crippen LogP contribution in [0.2, 0.25) is 0 Å². The molecule has 0 spiro atoms. The molecule has 1 unspecified atom stereocenters. The molecule has 1 atom stereocenters. The van der Waals surface area contributed by atoms with E-state index < -0.39 is 0 Å². The SMILES string of the molecule is CC=CCOC(CN)C(C)C. The lowest BCUT2D eigenvalue weighted by Gasteiger charge is -2.18. The average Bonchev–Trinajstić information content (AvgIpc) is 1.97. The smallest absolute Gasteiger partial charge is 0.0724 e. The molecule has 2 N–H and O–H groups in total. The first-order valence-electron chi connectivity index (χ1n) is 4.15. The Labute approximate surface area is 69.4 Å². The minimum absolute atomic E-state index is 0.200. The summed E-state index contributed by atoms with van der Waals surface area (Å²) in [4.78, 5) is 0. The van der Waals surface area contributed by atoms with Crippen LogP contribution in [0.15, 0.2) is 12.2 Å². The Morgan fingerprint density at radius 2 is 2.09 bits per heavy atom. The Bertz CT molecular complexity index is 110. The molecule has 0 aromatic carbocycles. The van der Waals surface area contributed by atoms with Crippen molar-refractivity contribution >= 4 is 0 Å². The Hall–Kier alpha value is -0.340. The number of ether oxygens (including phenoxy) is 1. The molecule has 0 aliphatic carbocycles. The molecule has 0 fully saturated rings. The lowest BCUT2D eigenvalue weighted by atomic mass is 10.1. The highest BCUT2D eigenvalue weighted by Crippen LogP contribution is 2.04. The molecule has 0 bridgehead atoms. The maximum absolute atomic E-state index is 5.51. The molecule has 0 amide bonds.